The summed E-state index contributed by atoms with van der Waals surface area (Å²) in [6, 6.07) is 10.0. The number of anilines is 3. The summed E-state index contributed by atoms with van der Waals surface area (Å²) >= 11 is 6.13. The molecule has 0 spiro atoms. The second kappa shape index (κ2) is 6.37. The van der Waals surface area contributed by atoms with E-state index in [0.29, 0.717) is 33.4 Å². The lowest BCUT2D eigenvalue weighted by Gasteiger charge is -2.13. The molecule has 0 aromatic heterocycles. The van der Waals surface area contributed by atoms with Gasteiger partial charge < -0.3 is 20.5 Å². The van der Waals surface area contributed by atoms with Crippen molar-refractivity contribution in [3.05, 3.63) is 47.0 Å². The minimum Gasteiger partial charge on any atom is -0.497 e. The van der Waals surface area contributed by atoms with Gasteiger partial charge in [0, 0.05) is 6.07 Å². The molecule has 21 heavy (non-hydrogen) atoms. The molecule has 0 bridgehead atoms. The number of hydrogen-bond donors (Lipinski definition) is 2. The highest BCUT2D eigenvalue weighted by Gasteiger charge is 2.10. The van der Waals surface area contributed by atoms with Crippen molar-refractivity contribution >= 4 is 34.6 Å². The van der Waals surface area contributed by atoms with Crippen molar-refractivity contribution in [3.8, 4) is 5.75 Å². The van der Waals surface area contributed by atoms with E-state index >= 15 is 0 Å². The van der Waals surface area contributed by atoms with Crippen molar-refractivity contribution in [1.29, 1.82) is 0 Å². The first kappa shape index (κ1) is 15.0. The van der Waals surface area contributed by atoms with E-state index in [1.54, 1.807) is 43.5 Å². The third kappa shape index (κ3) is 3.38. The van der Waals surface area contributed by atoms with Crippen LogP contribution in [-0.4, -0.2) is 20.2 Å². The number of benzene rings is 2. The van der Waals surface area contributed by atoms with Crippen LogP contribution in [0.4, 0.5) is 17.1 Å². The van der Waals surface area contributed by atoms with Gasteiger partial charge in [-0.1, -0.05) is 11.6 Å². The lowest BCUT2D eigenvalue weighted by molar-refractivity contribution is 0.0601. The van der Waals surface area contributed by atoms with Crippen molar-refractivity contribution < 1.29 is 14.3 Å². The Morgan fingerprint density at radius 1 is 1.14 bits per heavy atom. The Balaban J connectivity index is 2.37. The minimum absolute atomic E-state index is 0.396. The maximum Gasteiger partial charge on any atom is 0.337 e. The van der Waals surface area contributed by atoms with E-state index in [4.69, 9.17) is 22.1 Å². The van der Waals surface area contributed by atoms with E-state index in [0.717, 1.165) is 0 Å². The van der Waals surface area contributed by atoms with Crippen molar-refractivity contribution in [1.82, 2.24) is 0 Å². The predicted octanol–water partition coefficient (Wildman–Crippen LogP) is 3.46. The van der Waals surface area contributed by atoms with Crippen molar-refractivity contribution in [2.24, 2.45) is 0 Å². The normalized spacial score (nSPS) is 10.0. The maximum atomic E-state index is 11.6. The largest absolute Gasteiger partial charge is 0.497 e. The Morgan fingerprint density at radius 3 is 2.57 bits per heavy atom. The molecule has 0 unspecified atom stereocenters. The topological polar surface area (TPSA) is 73.6 Å². The van der Waals surface area contributed by atoms with Crippen LogP contribution in [-0.2, 0) is 4.74 Å². The van der Waals surface area contributed by atoms with Gasteiger partial charge in [-0.3, -0.25) is 0 Å². The van der Waals surface area contributed by atoms with E-state index < -0.39 is 5.97 Å². The zero-order valence-corrected chi connectivity index (χ0v) is 12.4. The molecular formula is C15H15ClN2O3. The zero-order valence-electron chi connectivity index (χ0n) is 11.6. The second-order valence-electron chi connectivity index (χ2n) is 4.26. The standard InChI is InChI=1S/C15H15ClN2O3/c1-20-10-4-5-11(16)13(8-10)18-14-7-9(15(19)21-2)3-6-12(14)17/h3-8,18H,17H2,1-2H3. The van der Waals surface area contributed by atoms with Gasteiger partial charge in [0.25, 0.3) is 0 Å². The number of nitrogens with two attached hydrogens (primary N) is 1. The first-order chi connectivity index (χ1) is 10.0. The van der Waals surface area contributed by atoms with E-state index in [1.165, 1.54) is 7.11 Å². The van der Waals surface area contributed by atoms with Crippen LogP contribution >= 0.6 is 11.6 Å². The number of ether oxygens (including phenoxy) is 2. The van der Waals surface area contributed by atoms with E-state index in [9.17, 15) is 4.79 Å². The van der Waals surface area contributed by atoms with E-state index in [1.807, 2.05) is 0 Å². The number of hydrogen-bond acceptors (Lipinski definition) is 5. The van der Waals surface area contributed by atoms with Crippen LogP contribution in [0.5, 0.6) is 5.75 Å². The Morgan fingerprint density at radius 2 is 1.90 bits per heavy atom. The van der Waals surface area contributed by atoms with Gasteiger partial charge in [0.15, 0.2) is 0 Å². The third-order valence-corrected chi connectivity index (χ3v) is 3.25. The molecule has 0 aliphatic carbocycles. The molecule has 110 valence electrons. The summed E-state index contributed by atoms with van der Waals surface area (Å²) in [5, 5.41) is 3.60. The summed E-state index contributed by atoms with van der Waals surface area (Å²) in [7, 11) is 2.89. The highest BCUT2D eigenvalue weighted by Crippen LogP contribution is 2.32. The molecule has 2 aromatic rings. The summed E-state index contributed by atoms with van der Waals surface area (Å²) in [4.78, 5) is 11.6. The van der Waals surface area contributed by atoms with Gasteiger partial charge in [0.05, 0.1) is 41.9 Å². The molecule has 0 heterocycles. The fourth-order valence-corrected chi connectivity index (χ4v) is 1.95. The van der Waals surface area contributed by atoms with Crippen LogP contribution in [0.25, 0.3) is 0 Å². The SMILES string of the molecule is COC(=O)c1ccc(N)c(Nc2cc(OC)ccc2Cl)c1. The van der Waals surface area contributed by atoms with Gasteiger partial charge >= 0.3 is 5.97 Å². The van der Waals surface area contributed by atoms with Gasteiger partial charge in [0.2, 0.25) is 0 Å². The second-order valence-corrected chi connectivity index (χ2v) is 4.67. The number of esters is 1. The Labute approximate surface area is 127 Å². The molecular weight excluding hydrogens is 292 g/mol. The molecule has 0 atom stereocenters. The molecule has 5 nitrogen and oxygen atoms in total. The quantitative estimate of drug-likeness (QED) is 0.668. The number of carbonyl (C=O) groups is 1. The summed E-state index contributed by atoms with van der Waals surface area (Å²) in [6.07, 6.45) is 0. The van der Waals surface area contributed by atoms with Gasteiger partial charge in [-0.05, 0) is 30.3 Å². The van der Waals surface area contributed by atoms with Gasteiger partial charge in [-0.2, -0.15) is 0 Å². The van der Waals surface area contributed by atoms with Crippen LogP contribution < -0.4 is 15.8 Å². The Bertz CT molecular complexity index is 674. The smallest absolute Gasteiger partial charge is 0.337 e. The molecule has 3 N–H and O–H groups in total. The minimum atomic E-state index is -0.435. The molecule has 0 amide bonds. The van der Waals surface area contributed by atoms with Crippen LogP contribution in [0.2, 0.25) is 5.02 Å². The molecule has 2 aromatic carbocycles. The Kier molecular flexibility index (Phi) is 4.55. The molecule has 0 aliphatic rings. The number of carbonyl (C=O) groups excluding carboxylic acids is 1. The first-order valence-electron chi connectivity index (χ1n) is 6.13. The summed E-state index contributed by atoms with van der Waals surface area (Å²) in [6.45, 7) is 0. The highest BCUT2D eigenvalue weighted by molar-refractivity contribution is 6.33. The van der Waals surface area contributed by atoms with E-state index in [-0.39, 0.29) is 0 Å². The van der Waals surface area contributed by atoms with Crippen LogP contribution in [0, 0.1) is 0 Å². The first-order valence-corrected chi connectivity index (χ1v) is 6.51. The van der Waals surface area contributed by atoms with Gasteiger partial charge in [-0.15, -0.1) is 0 Å². The molecule has 0 fully saturated rings. The molecule has 0 saturated carbocycles. The number of rotatable bonds is 4. The van der Waals surface area contributed by atoms with E-state index in [2.05, 4.69) is 10.1 Å². The number of halogens is 1. The van der Waals surface area contributed by atoms with Crippen LogP contribution in [0.15, 0.2) is 36.4 Å². The summed E-state index contributed by atoms with van der Waals surface area (Å²) < 4.78 is 9.84. The molecule has 0 aliphatic heterocycles. The summed E-state index contributed by atoms with van der Waals surface area (Å²) in [5.74, 6) is 0.222. The number of methoxy groups -OCH3 is 2. The van der Waals surface area contributed by atoms with Gasteiger partial charge in [0.1, 0.15) is 5.75 Å². The number of nitrogens with one attached hydrogen (secondary N) is 1. The molecule has 0 radical (unpaired) electrons. The van der Waals surface area contributed by atoms with Crippen LogP contribution in [0.1, 0.15) is 10.4 Å². The van der Waals surface area contributed by atoms with Crippen molar-refractivity contribution in [2.45, 2.75) is 0 Å². The fourth-order valence-electron chi connectivity index (χ4n) is 1.78. The van der Waals surface area contributed by atoms with Crippen LogP contribution in [0.3, 0.4) is 0 Å². The molecule has 2 rings (SSSR count). The molecule has 6 heteroatoms. The lowest BCUT2D eigenvalue weighted by atomic mass is 10.1. The number of nitrogen functional groups attached to an aromatic ring is 1. The van der Waals surface area contributed by atoms with Crippen molar-refractivity contribution in [2.75, 3.05) is 25.3 Å². The lowest BCUT2D eigenvalue weighted by Crippen LogP contribution is -2.04. The third-order valence-electron chi connectivity index (χ3n) is 2.92. The monoisotopic (exact) mass is 306 g/mol. The molecule has 0 saturated heterocycles. The maximum absolute atomic E-state index is 11.6. The zero-order chi connectivity index (χ0) is 15.4. The fraction of sp³-hybridized carbons (Fsp3) is 0.133. The Hall–Kier alpha value is -2.40. The van der Waals surface area contributed by atoms with Gasteiger partial charge in [-0.25, -0.2) is 4.79 Å². The summed E-state index contributed by atoms with van der Waals surface area (Å²) in [5.41, 5.74) is 7.99. The highest BCUT2D eigenvalue weighted by atomic mass is 35.5. The average Bonchev–Trinajstić information content (AvgIpc) is 2.50. The predicted molar refractivity (Wildman–Crippen MR) is 83.5 cm³/mol. The van der Waals surface area contributed by atoms with Crippen molar-refractivity contribution in [3.63, 3.8) is 0 Å². The average molecular weight is 307 g/mol.